The van der Waals surface area contributed by atoms with Crippen molar-refractivity contribution >= 4 is 5.78 Å². The molecule has 1 heterocycles. The predicted octanol–water partition coefficient (Wildman–Crippen LogP) is 1.34. The summed E-state index contributed by atoms with van der Waals surface area (Å²) in [7, 11) is 0. The molecular formula is C13H17NO2. The highest BCUT2D eigenvalue weighted by molar-refractivity contribution is 5.77. The largest absolute Gasteiger partial charge is 0.493 e. The first-order valence-electron chi connectivity index (χ1n) is 5.70. The average Bonchev–Trinajstić information content (AvgIpc) is 2.71. The molecule has 0 aromatic heterocycles. The minimum Gasteiger partial charge on any atom is -0.493 e. The lowest BCUT2D eigenvalue weighted by Crippen LogP contribution is -2.23. The van der Waals surface area contributed by atoms with E-state index < -0.39 is 0 Å². The van der Waals surface area contributed by atoms with Gasteiger partial charge in [0.2, 0.25) is 0 Å². The lowest BCUT2D eigenvalue weighted by molar-refractivity contribution is -0.116. The van der Waals surface area contributed by atoms with Gasteiger partial charge >= 0.3 is 0 Å². The molecule has 86 valence electrons. The highest BCUT2D eigenvalue weighted by Crippen LogP contribution is 2.25. The van der Waals surface area contributed by atoms with Gasteiger partial charge in [-0.1, -0.05) is 12.1 Å². The van der Waals surface area contributed by atoms with E-state index in [2.05, 4.69) is 17.4 Å². The number of hydrogen-bond donors (Lipinski definition) is 1. The molecule has 0 aliphatic carbocycles. The third kappa shape index (κ3) is 2.83. The second kappa shape index (κ2) is 5.12. The highest BCUT2D eigenvalue weighted by atomic mass is 16.5. The maximum Gasteiger partial charge on any atom is 0.143 e. The van der Waals surface area contributed by atoms with Crippen LogP contribution in [0.4, 0.5) is 0 Å². The molecule has 2 rings (SSSR count). The van der Waals surface area contributed by atoms with Crippen molar-refractivity contribution in [2.75, 3.05) is 19.7 Å². The van der Waals surface area contributed by atoms with Crippen LogP contribution in [-0.2, 0) is 17.6 Å². The number of carbonyl (C=O) groups excluding carboxylic acids is 1. The summed E-state index contributed by atoms with van der Waals surface area (Å²) in [6.45, 7) is 3.72. The van der Waals surface area contributed by atoms with Crippen molar-refractivity contribution in [3.05, 3.63) is 29.3 Å². The molecule has 0 bridgehead atoms. The smallest absolute Gasteiger partial charge is 0.143 e. The summed E-state index contributed by atoms with van der Waals surface area (Å²) in [6, 6.07) is 6.35. The van der Waals surface area contributed by atoms with Gasteiger partial charge in [-0.2, -0.15) is 0 Å². The molecule has 3 nitrogen and oxygen atoms in total. The zero-order valence-corrected chi connectivity index (χ0v) is 9.58. The second-order valence-electron chi connectivity index (χ2n) is 4.17. The van der Waals surface area contributed by atoms with E-state index in [4.69, 9.17) is 4.74 Å². The van der Waals surface area contributed by atoms with E-state index in [1.165, 1.54) is 11.1 Å². The summed E-state index contributed by atoms with van der Waals surface area (Å²) in [5.74, 6) is 1.21. The maximum absolute atomic E-state index is 10.7. The summed E-state index contributed by atoms with van der Waals surface area (Å²) in [6.07, 6.45) is 1.98. The van der Waals surface area contributed by atoms with Crippen LogP contribution in [-0.4, -0.2) is 25.5 Å². The van der Waals surface area contributed by atoms with Gasteiger partial charge in [0, 0.05) is 6.42 Å². The summed E-state index contributed by atoms with van der Waals surface area (Å²) in [5.41, 5.74) is 2.62. The van der Waals surface area contributed by atoms with E-state index in [1.54, 1.807) is 6.92 Å². The van der Waals surface area contributed by atoms with Crippen molar-refractivity contribution in [1.82, 2.24) is 5.32 Å². The van der Waals surface area contributed by atoms with Crippen LogP contribution in [0.5, 0.6) is 5.75 Å². The van der Waals surface area contributed by atoms with Crippen molar-refractivity contribution in [1.29, 1.82) is 0 Å². The molecule has 0 fully saturated rings. The third-order valence-electron chi connectivity index (χ3n) is 2.72. The predicted molar refractivity (Wildman–Crippen MR) is 62.9 cm³/mol. The van der Waals surface area contributed by atoms with Gasteiger partial charge in [0.05, 0.1) is 13.2 Å². The Morgan fingerprint density at radius 2 is 2.38 bits per heavy atom. The van der Waals surface area contributed by atoms with Crippen molar-refractivity contribution in [3.8, 4) is 5.75 Å². The van der Waals surface area contributed by atoms with Crippen molar-refractivity contribution in [2.24, 2.45) is 0 Å². The van der Waals surface area contributed by atoms with Crippen molar-refractivity contribution < 1.29 is 9.53 Å². The zero-order valence-electron chi connectivity index (χ0n) is 9.58. The molecule has 1 aliphatic heterocycles. The minimum atomic E-state index is 0.183. The normalized spacial score (nSPS) is 13.3. The monoisotopic (exact) mass is 219 g/mol. The summed E-state index contributed by atoms with van der Waals surface area (Å²) >= 11 is 0. The van der Waals surface area contributed by atoms with E-state index in [1.807, 2.05) is 6.07 Å². The van der Waals surface area contributed by atoms with Gasteiger partial charge in [-0.3, -0.25) is 4.79 Å². The Hall–Kier alpha value is -1.35. The quantitative estimate of drug-likeness (QED) is 0.759. The zero-order chi connectivity index (χ0) is 11.4. The standard InChI is InChI=1S/C13H17NO2/c1-10(15)9-14-6-4-11-2-3-13-12(8-11)5-7-16-13/h2-3,8,14H,4-7,9H2,1H3. The first kappa shape index (κ1) is 11.1. The molecule has 0 amide bonds. The molecule has 1 aromatic rings. The Kier molecular flexibility index (Phi) is 3.57. The molecule has 1 aliphatic rings. The van der Waals surface area contributed by atoms with Crippen LogP contribution in [0, 0.1) is 0 Å². The molecule has 0 spiro atoms. The molecule has 1 N–H and O–H groups in total. The van der Waals surface area contributed by atoms with Crippen LogP contribution in [0.3, 0.4) is 0 Å². The third-order valence-corrected chi connectivity index (χ3v) is 2.72. The van der Waals surface area contributed by atoms with Crippen LogP contribution >= 0.6 is 0 Å². The second-order valence-corrected chi connectivity index (χ2v) is 4.17. The van der Waals surface area contributed by atoms with Gasteiger partial charge in [-0.25, -0.2) is 0 Å². The minimum absolute atomic E-state index is 0.183. The van der Waals surface area contributed by atoms with Gasteiger partial charge in [0.15, 0.2) is 0 Å². The molecule has 0 radical (unpaired) electrons. The van der Waals surface area contributed by atoms with E-state index in [0.29, 0.717) is 6.54 Å². The number of fused-ring (bicyclic) bond motifs is 1. The topological polar surface area (TPSA) is 38.3 Å². The number of hydrogen-bond acceptors (Lipinski definition) is 3. The summed E-state index contributed by atoms with van der Waals surface area (Å²) in [4.78, 5) is 10.7. The number of Topliss-reactive ketones (excluding diaryl/α,β-unsaturated/α-hetero) is 1. The Bertz CT molecular complexity index is 388. The van der Waals surface area contributed by atoms with Crippen molar-refractivity contribution in [3.63, 3.8) is 0 Å². The van der Waals surface area contributed by atoms with Crippen LogP contribution in [0.25, 0.3) is 0 Å². The van der Waals surface area contributed by atoms with Crippen molar-refractivity contribution in [2.45, 2.75) is 19.8 Å². The Morgan fingerprint density at radius 1 is 1.50 bits per heavy atom. The number of ether oxygens (including phenoxy) is 1. The molecule has 16 heavy (non-hydrogen) atoms. The number of rotatable bonds is 5. The van der Waals surface area contributed by atoms with Crippen LogP contribution in [0.2, 0.25) is 0 Å². The van der Waals surface area contributed by atoms with Gasteiger partial charge in [-0.15, -0.1) is 0 Å². The van der Waals surface area contributed by atoms with E-state index in [0.717, 1.165) is 31.7 Å². The summed E-state index contributed by atoms with van der Waals surface area (Å²) < 4.78 is 5.45. The van der Waals surface area contributed by atoms with Crippen LogP contribution in [0.15, 0.2) is 18.2 Å². The fraction of sp³-hybridized carbons (Fsp3) is 0.462. The van der Waals surface area contributed by atoms with E-state index >= 15 is 0 Å². The Balaban J connectivity index is 1.83. The SMILES string of the molecule is CC(=O)CNCCc1ccc2c(c1)CCO2. The molecule has 0 saturated carbocycles. The van der Waals surface area contributed by atoms with Crippen LogP contribution < -0.4 is 10.1 Å². The van der Waals surface area contributed by atoms with Gasteiger partial charge in [0.1, 0.15) is 11.5 Å². The number of nitrogens with one attached hydrogen (secondary N) is 1. The molecule has 0 atom stereocenters. The van der Waals surface area contributed by atoms with Gasteiger partial charge in [0.25, 0.3) is 0 Å². The molecular weight excluding hydrogens is 202 g/mol. The lowest BCUT2D eigenvalue weighted by atomic mass is 10.1. The average molecular weight is 219 g/mol. The highest BCUT2D eigenvalue weighted by Gasteiger charge is 2.11. The van der Waals surface area contributed by atoms with Crippen LogP contribution in [0.1, 0.15) is 18.1 Å². The van der Waals surface area contributed by atoms with E-state index in [-0.39, 0.29) is 5.78 Å². The molecule has 0 unspecified atom stereocenters. The lowest BCUT2D eigenvalue weighted by Gasteiger charge is -2.05. The summed E-state index contributed by atoms with van der Waals surface area (Å²) in [5, 5.41) is 3.12. The first-order valence-corrected chi connectivity index (χ1v) is 5.70. The fourth-order valence-electron chi connectivity index (χ4n) is 1.89. The fourth-order valence-corrected chi connectivity index (χ4v) is 1.89. The Labute approximate surface area is 95.8 Å². The Morgan fingerprint density at radius 3 is 3.19 bits per heavy atom. The number of ketones is 1. The maximum atomic E-state index is 10.7. The van der Waals surface area contributed by atoms with Gasteiger partial charge in [-0.05, 0) is 37.1 Å². The number of benzene rings is 1. The number of carbonyl (C=O) groups is 1. The van der Waals surface area contributed by atoms with Gasteiger partial charge < -0.3 is 10.1 Å². The molecule has 0 saturated heterocycles. The molecule has 3 heteroatoms. The molecule has 1 aromatic carbocycles. The van der Waals surface area contributed by atoms with E-state index in [9.17, 15) is 4.79 Å². The first-order chi connectivity index (χ1) is 7.75.